The lowest BCUT2D eigenvalue weighted by molar-refractivity contribution is 0.228. The fraction of sp³-hybridized carbons (Fsp3) is 0.444. The molecule has 1 aromatic rings. The lowest BCUT2D eigenvalue weighted by atomic mass is 10.3. The first-order valence-corrected chi connectivity index (χ1v) is 4.95. The smallest absolute Gasteiger partial charge is 0.125 e. The molecule has 0 spiro atoms. The lowest BCUT2D eigenvalue weighted by Gasteiger charge is -1.97. The Labute approximate surface area is 75.6 Å². The van der Waals surface area contributed by atoms with E-state index in [1.54, 1.807) is 0 Å². The first-order valence-electron chi connectivity index (χ1n) is 4.07. The molecular formula is C9H11NOS. The molecule has 1 aliphatic carbocycles. The summed E-state index contributed by atoms with van der Waals surface area (Å²) in [5, 5.41) is 12.2. The first kappa shape index (κ1) is 7.95. The number of rotatable bonds is 3. The molecule has 1 fully saturated rings. The van der Waals surface area contributed by atoms with Gasteiger partial charge >= 0.3 is 0 Å². The van der Waals surface area contributed by atoms with Gasteiger partial charge in [-0.15, -0.1) is 17.9 Å². The second kappa shape index (κ2) is 2.99. The fourth-order valence-corrected chi connectivity index (χ4v) is 1.98. The summed E-state index contributed by atoms with van der Waals surface area (Å²) in [7, 11) is 0. The molecule has 0 radical (unpaired) electrons. The van der Waals surface area contributed by atoms with Crippen LogP contribution in [0.2, 0.25) is 0 Å². The summed E-state index contributed by atoms with van der Waals surface area (Å²) >= 11 is 1.52. The van der Waals surface area contributed by atoms with Crippen LogP contribution < -0.4 is 0 Å². The van der Waals surface area contributed by atoms with Gasteiger partial charge in [-0.3, -0.25) is 0 Å². The van der Waals surface area contributed by atoms with Crippen LogP contribution in [-0.2, 0) is 0 Å². The van der Waals surface area contributed by atoms with Gasteiger partial charge in [-0.2, -0.15) is 0 Å². The van der Waals surface area contributed by atoms with E-state index in [2.05, 4.69) is 11.6 Å². The number of hydrogen-bond acceptors (Lipinski definition) is 3. The molecule has 0 bridgehead atoms. The van der Waals surface area contributed by atoms with Crippen molar-refractivity contribution in [3.63, 3.8) is 0 Å². The summed E-state index contributed by atoms with van der Waals surface area (Å²) in [6.07, 6.45) is 3.44. The van der Waals surface area contributed by atoms with E-state index in [4.69, 9.17) is 0 Å². The predicted molar refractivity (Wildman–Crippen MR) is 49.2 cm³/mol. The Hall–Kier alpha value is -0.670. The van der Waals surface area contributed by atoms with Crippen molar-refractivity contribution >= 4 is 11.3 Å². The largest absolute Gasteiger partial charge is 0.382 e. The number of nitrogens with zero attached hydrogens (tertiary/aromatic N) is 1. The van der Waals surface area contributed by atoms with Gasteiger partial charge < -0.3 is 5.11 Å². The summed E-state index contributed by atoms with van der Waals surface area (Å²) in [6.45, 7) is 3.52. The van der Waals surface area contributed by atoms with Crippen LogP contribution in [0.3, 0.4) is 0 Å². The molecule has 64 valence electrons. The number of aromatic nitrogens is 1. The monoisotopic (exact) mass is 181 g/mol. The van der Waals surface area contributed by atoms with Gasteiger partial charge in [0.1, 0.15) is 11.1 Å². The van der Waals surface area contributed by atoms with Crippen molar-refractivity contribution in [2.45, 2.75) is 24.9 Å². The fourth-order valence-electron chi connectivity index (χ4n) is 1.10. The molecular weight excluding hydrogens is 170 g/mol. The summed E-state index contributed by atoms with van der Waals surface area (Å²) in [6, 6.07) is 0. The van der Waals surface area contributed by atoms with Crippen LogP contribution in [-0.4, -0.2) is 10.1 Å². The van der Waals surface area contributed by atoms with E-state index in [-0.39, 0.29) is 0 Å². The SMILES string of the molecule is C=CC(O)c1nc(C2CC2)cs1. The van der Waals surface area contributed by atoms with Crippen LogP contribution in [0.25, 0.3) is 0 Å². The topological polar surface area (TPSA) is 33.1 Å². The normalized spacial score (nSPS) is 19.1. The molecule has 2 nitrogen and oxygen atoms in total. The van der Waals surface area contributed by atoms with Crippen molar-refractivity contribution in [2.75, 3.05) is 0 Å². The van der Waals surface area contributed by atoms with Crippen molar-refractivity contribution < 1.29 is 5.11 Å². The van der Waals surface area contributed by atoms with Gasteiger partial charge in [0.2, 0.25) is 0 Å². The molecule has 0 amide bonds. The van der Waals surface area contributed by atoms with Crippen LogP contribution in [0.1, 0.15) is 35.6 Å². The van der Waals surface area contributed by atoms with Gasteiger partial charge in [-0.1, -0.05) is 6.08 Å². The van der Waals surface area contributed by atoms with E-state index in [0.717, 1.165) is 10.7 Å². The van der Waals surface area contributed by atoms with Crippen molar-refractivity contribution in [1.29, 1.82) is 0 Å². The van der Waals surface area contributed by atoms with Crippen LogP contribution in [0.15, 0.2) is 18.0 Å². The highest BCUT2D eigenvalue weighted by atomic mass is 32.1. The molecule has 3 heteroatoms. The van der Waals surface area contributed by atoms with E-state index >= 15 is 0 Å². The van der Waals surface area contributed by atoms with Gasteiger partial charge in [0.25, 0.3) is 0 Å². The average molecular weight is 181 g/mol. The third-order valence-electron chi connectivity index (χ3n) is 2.01. The van der Waals surface area contributed by atoms with Crippen LogP contribution >= 0.6 is 11.3 Å². The molecule has 1 heterocycles. The third kappa shape index (κ3) is 1.42. The van der Waals surface area contributed by atoms with Crippen LogP contribution in [0.4, 0.5) is 0 Å². The molecule has 1 saturated carbocycles. The molecule has 1 aliphatic rings. The Morgan fingerprint density at radius 2 is 2.50 bits per heavy atom. The molecule has 1 aromatic heterocycles. The maximum absolute atomic E-state index is 9.37. The lowest BCUT2D eigenvalue weighted by Crippen LogP contribution is -1.91. The van der Waals surface area contributed by atoms with Gasteiger partial charge in [0.05, 0.1) is 5.69 Å². The quantitative estimate of drug-likeness (QED) is 0.725. The van der Waals surface area contributed by atoms with Gasteiger partial charge in [0.15, 0.2) is 0 Å². The second-order valence-electron chi connectivity index (χ2n) is 3.07. The highest BCUT2D eigenvalue weighted by Gasteiger charge is 2.26. The Morgan fingerprint density at radius 1 is 1.75 bits per heavy atom. The van der Waals surface area contributed by atoms with Gasteiger partial charge in [-0.05, 0) is 12.8 Å². The average Bonchev–Trinajstić information content (AvgIpc) is 2.83. The maximum Gasteiger partial charge on any atom is 0.125 e. The molecule has 1 N–H and O–H groups in total. The highest BCUT2D eigenvalue weighted by Crippen LogP contribution is 2.40. The van der Waals surface area contributed by atoms with E-state index in [1.165, 1.54) is 30.3 Å². The van der Waals surface area contributed by atoms with Gasteiger partial charge in [0, 0.05) is 11.3 Å². The zero-order valence-corrected chi connectivity index (χ0v) is 7.55. The zero-order valence-electron chi connectivity index (χ0n) is 6.73. The maximum atomic E-state index is 9.37. The van der Waals surface area contributed by atoms with Crippen LogP contribution in [0.5, 0.6) is 0 Å². The predicted octanol–water partition coefficient (Wildman–Crippen LogP) is 2.24. The Kier molecular flexibility index (Phi) is 1.98. The van der Waals surface area contributed by atoms with Crippen LogP contribution in [0, 0.1) is 0 Å². The molecule has 2 rings (SSSR count). The van der Waals surface area contributed by atoms with Crippen molar-refractivity contribution in [2.24, 2.45) is 0 Å². The third-order valence-corrected chi connectivity index (χ3v) is 2.95. The van der Waals surface area contributed by atoms with E-state index in [0.29, 0.717) is 5.92 Å². The highest BCUT2D eigenvalue weighted by molar-refractivity contribution is 7.09. The molecule has 0 aromatic carbocycles. The second-order valence-corrected chi connectivity index (χ2v) is 3.96. The zero-order chi connectivity index (χ0) is 8.55. The first-order chi connectivity index (χ1) is 5.81. The number of hydrogen-bond donors (Lipinski definition) is 1. The van der Waals surface area contributed by atoms with Crippen molar-refractivity contribution in [3.05, 3.63) is 28.7 Å². The van der Waals surface area contributed by atoms with E-state index in [9.17, 15) is 5.11 Å². The summed E-state index contributed by atoms with van der Waals surface area (Å²) < 4.78 is 0. The molecule has 0 saturated heterocycles. The number of aliphatic hydroxyl groups excluding tert-OH is 1. The standard InChI is InChI=1S/C9H11NOS/c1-2-8(11)9-10-7(5-12-9)6-3-4-6/h2,5-6,8,11H,1,3-4H2. The van der Waals surface area contributed by atoms with Crippen molar-refractivity contribution in [3.8, 4) is 0 Å². The van der Waals surface area contributed by atoms with Crippen molar-refractivity contribution in [1.82, 2.24) is 4.98 Å². The van der Waals surface area contributed by atoms with E-state index in [1.807, 2.05) is 5.38 Å². The molecule has 1 atom stereocenters. The molecule has 12 heavy (non-hydrogen) atoms. The minimum atomic E-state index is -0.581. The Bertz CT molecular complexity index is 290. The minimum Gasteiger partial charge on any atom is -0.382 e. The minimum absolute atomic E-state index is 0.581. The summed E-state index contributed by atoms with van der Waals surface area (Å²) in [4.78, 5) is 4.34. The molecule has 0 aliphatic heterocycles. The van der Waals surface area contributed by atoms with Gasteiger partial charge in [-0.25, -0.2) is 4.98 Å². The Morgan fingerprint density at radius 3 is 3.08 bits per heavy atom. The number of aliphatic hydroxyl groups is 1. The van der Waals surface area contributed by atoms with E-state index < -0.39 is 6.10 Å². The summed E-state index contributed by atoms with van der Waals surface area (Å²) in [5.41, 5.74) is 1.15. The Balaban J connectivity index is 2.17. The summed E-state index contributed by atoms with van der Waals surface area (Å²) in [5.74, 6) is 0.673. The number of thiazole rings is 1. The molecule has 1 unspecified atom stereocenters.